The molecule has 1 aromatic heterocycles. The average Bonchev–Trinajstić information content (AvgIpc) is 2.02. The standard InChI is InChI=1S/C12H19N/c1-9(12(3,4)5)11-7-6-8-13-10(11)2/h6-9H,1-5H3. The number of pyridine rings is 1. The molecule has 0 fully saturated rings. The van der Waals surface area contributed by atoms with Gasteiger partial charge in [0, 0.05) is 11.9 Å². The van der Waals surface area contributed by atoms with Crippen molar-refractivity contribution in [2.45, 2.75) is 40.5 Å². The van der Waals surface area contributed by atoms with E-state index in [0.717, 1.165) is 5.69 Å². The summed E-state index contributed by atoms with van der Waals surface area (Å²) < 4.78 is 0. The van der Waals surface area contributed by atoms with Gasteiger partial charge in [-0.3, -0.25) is 4.98 Å². The second-order valence-corrected chi connectivity index (χ2v) is 4.77. The monoisotopic (exact) mass is 177 g/mol. The number of aryl methyl sites for hydroxylation is 1. The minimum Gasteiger partial charge on any atom is -0.261 e. The first-order valence-electron chi connectivity index (χ1n) is 4.84. The summed E-state index contributed by atoms with van der Waals surface area (Å²) in [5.41, 5.74) is 2.84. The van der Waals surface area contributed by atoms with Crippen molar-refractivity contribution in [3.05, 3.63) is 29.6 Å². The molecular weight excluding hydrogens is 158 g/mol. The topological polar surface area (TPSA) is 12.9 Å². The molecule has 1 unspecified atom stereocenters. The number of rotatable bonds is 1. The quantitative estimate of drug-likeness (QED) is 0.639. The fourth-order valence-electron chi connectivity index (χ4n) is 1.42. The van der Waals surface area contributed by atoms with Crippen molar-refractivity contribution in [2.24, 2.45) is 5.41 Å². The molecule has 1 heterocycles. The molecule has 0 amide bonds. The lowest BCUT2D eigenvalue weighted by Gasteiger charge is -2.28. The van der Waals surface area contributed by atoms with Gasteiger partial charge >= 0.3 is 0 Å². The van der Waals surface area contributed by atoms with Gasteiger partial charge in [-0.2, -0.15) is 0 Å². The van der Waals surface area contributed by atoms with Gasteiger partial charge in [0.2, 0.25) is 0 Å². The van der Waals surface area contributed by atoms with Crippen LogP contribution in [0.4, 0.5) is 0 Å². The molecule has 0 radical (unpaired) electrons. The smallest absolute Gasteiger partial charge is 0.0407 e. The molecule has 0 spiro atoms. The van der Waals surface area contributed by atoms with Crippen LogP contribution in [0.15, 0.2) is 18.3 Å². The van der Waals surface area contributed by atoms with Crippen LogP contribution in [0.5, 0.6) is 0 Å². The summed E-state index contributed by atoms with van der Waals surface area (Å²) in [4.78, 5) is 4.31. The summed E-state index contributed by atoms with van der Waals surface area (Å²) in [7, 11) is 0. The Labute approximate surface area is 81.2 Å². The van der Waals surface area contributed by atoms with E-state index in [4.69, 9.17) is 0 Å². The van der Waals surface area contributed by atoms with Gasteiger partial charge < -0.3 is 0 Å². The van der Waals surface area contributed by atoms with Crippen LogP contribution in [0.25, 0.3) is 0 Å². The van der Waals surface area contributed by atoms with Crippen molar-refractivity contribution in [1.29, 1.82) is 0 Å². The molecular formula is C12H19N. The molecule has 0 N–H and O–H groups in total. The number of nitrogens with zero attached hydrogens (tertiary/aromatic N) is 1. The van der Waals surface area contributed by atoms with Gasteiger partial charge in [0.1, 0.15) is 0 Å². The fourth-order valence-corrected chi connectivity index (χ4v) is 1.42. The summed E-state index contributed by atoms with van der Waals surface area (Å²) in [6.07, 6.45) is 1.86. The predicted octanol–water partition coefficient (Wildman–Crippen LogP) is 3.54. The van der Waals surface area contributed by atoms with Crippen molar-refractivity contribution in [1.82, 2.24) is 4.98 Å². The second-order valence-electron chi connectivity index (χ2n) is 4.77. The molecule has 1 nitrogen and oxygen atoms in total. The van der Waals surface area contributed by atoms with E-state index in [1.54, 1.807) is 0 Å². The van der Waals surface area contributed by atoms with Crippen LogP contribution < -0.4 is 0 Å². The molecule has 0 aliphatic heterocycles. The summed E-state index contributed by atoms with van der Waals surface area (Å²) >= 11 is 0. The van der Waals surface area contributed by atoms with E-state index in [1.807, 2.05) is 12.3 Å². The Hall–Kier alpha value is -0.850. The van der Waals surface area contributed by atoms with Crippen LogP contribution in [-0.4, -0.2) is 4.98 Å². The maximum absolute atomic E-state index is 4.31. The zero-order valence-corrected chi connectivity index (χ0v) is 9.26. The zero-order valence-electron chi connectivity index (χ0n) is 9.26. The van der Waals surface area contributed by atoms with Crippen LogP contribution in [-0.2, 0) is 0 Å². The van der Waals surface area contributed by atoms with Crippen LogP contribution in [0.3, 0.4) is 0 Å². The normalized spacial score (nSPS) is 14.2. The molecule has 0 bridgehead atoms. The summed E-state index contributed by atoms with van der Waals surface area (Å²) in [6, 6.07) is 4.20. The van der Waals surface area contributed by atoms with E-state index in [1.165, 1.54) is 5.56 Å². The number of aromatic nitrogens is 1. The van der Waals surface area contributed by atoms with Crippen molar-refractivity contribution in [2.75, 3.05) is 0 Å². The maximum atomic E-state index is 4.31. The third-order valence-electron chi connectivity index (χ3n) is 2.81. The molecule has 0 aliphatic rings. The molecule has 1 heteroatoms. The molecule has 0 saturated heterocycles. The minimum atomic E-state index is 0.313. The first kappa shape index (κ1) is 10.2. The summed E-state index contributed by atoms with van der Waals surface area (Å²) in [6.45, 7) is 11.2. The van der Waals surface area contributed by atoms with E-state index >= 15 is 0 Å². The molecule has 13 heavy (non-hydrogen) atoms. The lowest BCUT2D eigenvalue weighted by Crippen LogP contribution is -2.16. The molecule has 0 saturated carbocycles. The molecule has 1 atom stereocenters. The van der Waals surface area contributed by atoms with Gasteiger partial charge in [-0.05, 0) is 29.9 Å². The van der Waals surface area contributed by atoms with Crippen molar-refractivity contribution < 1.29 is 0 Å². The predicted molar refractivity (Wildman–Crippen MR) is 56.8 cm³/mol. The zero-order chi connectivity index (χ0) is 10.1. The molecule has 1 aromatic rings. The highest BCUT2D eigenvalue weighted by atomic mass is 14.7. The largest absolute Gasteiger partial charge is 0.261 e. The van der Waals surface area contributed by atoms with E-state index in [2.05, 4.69) is 45.7 Å². The van der Waals surface area contributed by atoms with Crippen LogP contribution in [0, 0.1) is 12.3 Å². The number of hydrogen-bond acceptors (Lipinski definition) is 1. The Morgan fingerprint density at radius 1 is 1.31 bits per heavy atom. The Morgan fingerprint density at radius 3 is 2.38 bits per heavy atom. The van der Waals surface area contributed by atoms with Gasteiger partial charge in [-0.25, -0.2) is 0 Å². The lowest BCUT2D eigenvalue weighted by molar-refractivity contribution is 0.338. The first-order chi connectivity index (χ1) is 5.93. The first-order valence-corrected chi connectivity index (χ1v) is 4.84. The van der Waals surface area contributed by atoms with Crippen LogP contribution in [0.2, 0.25) is 0 Å². The Balaban J connectivity index is 3.02. The SMILES string of the molecule is Cc1ncccc1C(C)C(C)(C)C. The highest BCUT2D eigenvalue weighted by molar-refractivity contribution is 5.23. The van der Waals surface area contributed by atoms with E-state index < -0.39 is 0 Å². The van der Waals surface area contributed by atoms with E-state index in [9.17, 15) is 0 Å². The number of hydrogen-bond donors (Lipinski definition) is 0. The van der Waals surface area contributed by atoms with Crippen LogP contribution in [0.1, 0.15) is 44.9 Å². The van der Waals surface area contributed by atoms with Gasteiger partial charge in [-0.1, -0.05) is 33.8 Å². The fraction of sp³-hybridized carbons (Fsp3) is 0.583. The molecule has 1 rings (SSSR count). The second kappa shape index (κ2) is 3.49. The highest BCUT2D eigenvalue weighted by Gasteiger charge is 2.22. The summed E-state index contributed by atoms with van der Waals surface area (Å²) in [5.74, 6) is 0.557. The molecule has 72 valence electrons. The summed E-state index contributed by atoms with van der Waals surface area (Å²) in [5, 5.41) is 0. The maximum Gasteiger partial charge on any atom is 0.0407 e. The van der Waals surface area contributed by atoms with Gasteiger partial charge in [0.05, 0.1) is 0 Å². The third-order valence-corrected chi connectivity index (χ3v) is 2.81. The minimum absolute atomic E-state index is 0.313. The van der Waals surface area contributed by atoms with Crippen molar-refractivity contribution in [3.8, 4) is 0 Å². The van der Waals surface area contributed by atoms with Crippen molar-refractivity contribution >= 4 is 0 Å². The van der Waals surface area contributed by atoms with Crippen LogP contribution >= 0.6 is 0 Å². The molecule has 0 aliphatic carbocycles. The Bertz CT molecular complexity index is 283. The Kier molecular flexibility index (Phi) is 2.74. The lowest BCUT2D eigenvalue weighted by atomic mass is 9.77. The van der Waals surface area contributed by atoms with Gasteiger partial charge in [0.25, 0.3) is 0 Å². The van der Waals surface area contributed by atoms with Crippen molar-refractivity contribution in [3.63, 3.8) is 0 Å². The van der Waals surface area contributed by atoms with E-state index in [0.29, 0.717) is 11.3 Å². The van der Waals surface area contributed by atoms with Gasteiger partial charge in [0.15, 0.2) is 0 Å². The Morgan fingerprint density at radius 2 is 1.92 bits per heavy atom. The van der Waals surface area contributed by atoms with Gasteiger partial charge in [-0.15, -0.1) is 0 Å². The average molecular weight is 177 g/mol. The molecule has 0 aromatic carbocycles. The highest BCUT2D eigenvalue weighted by Crippen LogP contribution is 2.35. The third kappa shape index (κ3) is 2.30. The van der Waals surface area contributed by atoms with E-state index in [-0.39, 0.29) is 0 Å².